The molecule has 0 atom stereocenters. The standard InChI is InChI=1S/C18H20FNO3S/c19-16-8-4-5-9-17(16)24(21,22)20-14-18(10-12-23-13-11-18)15-6-2-1-3-7-15/h1-9,20H,10-14H2. The van der Waals surface area contributed by atoms with E-state index in [4.69, 9.17) is 4.74 Å². The molecule has 0 bridgehead atoms. The Balaban J connectivity index is 1.86. The molecule has 1 saturated heterocycles. The zero-order valence-electron chi connectivity index (χ0n) is 13.2. The van der Waals surface area contributed by atoms with Crippen LogP contribution in [-0.4, -0.2) is 28.2 Å². The molecule has 2 aromatic carbocycles. The van der Waals surface area contributed by atoms with Crippen LogP contribution in [0.5, 0.6) is 0 Å². The van der Waals surface area contributed by atoms with E-state index in [1.54, 1.807) is 0 Å². The summed E-state index contributed by atoms with van der Waals surface area (Å²) in [7, 11) is -3.90. The summed E-state index contributed by atoms with van der Waals surface area (Å²) in [5.41, 5.74) is 0.738. The highest BCUT2D eigenvalue weighted by Gasteiger charge is 2.36. The monoisotopic (exact) mass is 349 g/mol. The second-order valence-electron chi connectivity index (χ2n) is 6.01. The molecule has 6 heteroatoms. The molecule has 1 aliphatic heterocycles. The van der Waals surface area contributed by atoms with Crippen LogP contribution in [0.3, 0.4) is 0 Å². The number of hydrogen-bond donors (Lipinski definition) is 1. The number of hydrogen-bond acceptors (Lipinski definition) is 3. The Hall–Kier alpha value is -1.76. The number of sulfonamides is 1. The fourth-order valence-corrected chi connectivity index (χ4v) is 4.30. The van der Waals surface area contributed by atoms with E-state index in [2.05, 4.69) is 4.72 Å². The highest BCUT2D eigenvalue weighted by molar-refractivity contribution is 7.89. The first kappa shape index (κ1) is 17.1. The minimum atomic E-state index is -3.90. The summed E-state index contributed by atoms with van der Waals surface area (Å²) in [5.74, 6) is -0.745. The van der Waals surface area contributed by atoms with Crippen LogP contribution >= 0.6 is 0 Å². The average molecular weight is 349 g/mol. The van der Waals surface area contributed by atoms with Gasteiger partial charge in [0.1, 0.15) is 10.7 Å². The second kappa shape index (κ2) is 7.01. The summed E-state index contributed by atoms with van der Waals surface area (Å²) in [6.45, 7) is 1.38. The zero-order chi connectivity index (χ0) is 17.0. The van der Waals surface area contributed by atoms with Crippen molar-refractivity contribution in [1.82, 2.24) is 4.72 Å². The Kier molecular flexibility index (Phi) is 4.99. The van der Waals surface area contributed by atoms with E-state index in [0.29, 0.717) is 13.2 Å². The normalized spacial score (nSPS) is 17.5. The third-order valence-electron chi connectivity index (χ3n) is 4.56. The van der Waals surface area contributed by atoms with E-state index in [1.807, 2.05) is 30.3 Å². The highest BCUT2D eigenvalue weighted by Crippen LogP contribution is 2.34. The molecule has 4 nitrogen and oxygen atoms in total. The van der Waals surface area contributed by atoms with E-state index in [-0.39, 0.29) is 16.9 Å². The van der Waals surface area contributed by atoms with Gasteiger partial charge in [-0.05, 0) is 30.5 Å². The number of rotatable bonds is 5. The third kappa shape index (κ3) is 3.50. The molecule has 0 radical (unpaired) electrons. The minimum Gasteiger partial charge on any atom is -0.381 e. The van der Waals surface area contributed by atoms with Gasteiger partial charge < -0.3 is 4.74 Å². The summed E-state index contributed by atoms with van der Waals surface area (Å²) in [5, 5.41) is 0. The van der Waals surface area contributed by atoms with Gasteiger partial charge in [0.15, 0.2) is 0 Å². The molecule has 1 aliphatic rings. The molecule has 3 rings (SSSR count). The summed E-state index contributed by atoms with van der Waals surface area (Å²) < 4.78 is 46.9. The smallest absolute Gasteiger partial charge is 0.243 e. The Morgan fingerprint density at radius 2 is 1.62 bits per heavy atom. The highest BCUT2D eigenvalue weighted by atomic mass is 32.2. The lowest BCUT2D eigenvalue weighted by Gasteiger charge is -2.37. The van der Waals surface area contributed by atoms with Gasteiger partial charge in [-0.25, -0.2) is 17.5 Å². The van der Waals surface area contributed by atoms with Crippen LogP contribution in [0, 0.1) is 5.82 Å². The SMILES string of the molecule is O=S(=O)(NCC1(c2ccccc2)CCOCC1)c1ccccc1F. The van der Waals surface area contributed by atoms with Crippen LogP contribution in [0.15, 0.2) is 59.5 Å². The molecule has 0 aliphatic carbocycles. The molecule has 0 spiro atoms. The molecule has 0 amide bonds. The van der Waals surface area contributed by atoms with Gasteiger partial charge in [-0.1, -0.05) is 42.5 Å². The molecule has 128 valence electrons. The molecular weight excluding hydrogens is 329 g/mol. The van der Waals surface area contributed by atoms with Crippen LogP contribution in [0.1, 0.15) is 18.4 Å². The minimum absolute atomic E-state index is 0.219. The molecule has 2 aromatic rings. The maximum atomic E-state index is 13.8. The van der Waals surface area contributed by atoms with Crippen LogP contribution in [0.4, 0.5) is 4.39 Å². The van der Waals surface area contributed by atoms with Crippen LogP contribution in [0.2, 0.25) is 0 Å². The van der Waals surface area contributed by atoms with Gasteiger partial charge in [0.25, 0.3) is 0 Å². The first-order valence-corrected chi connectivity index (χ1v) is 9.39. The largest absolute Gasteiger partial charge is 0.381 e. The van der Waals surface area contributed by atoms with Gasteiger partial charge in [-0.3, -0.25) is 0 Å². The first-order chi connectivity index (χ1) is 11.5. The van der Waals surface area contributed by atoms with E-state index < -0.39 is 15.8 Å². The average Bonchev–Trinajstić information content (AvgIpc) is 2.62. The third-order valence-corrected chi connectivity index (χ3v) is 6.00. The van der Waals surface area contributed by atoms with Crippen molar-refractivity contribution >= 4 is 10.0 Å². The van der Waals surface area contributed by atoms with E-state index in [1.165, 1.54) is 18.2 Å². The molecule has 0 aromatic heterocycles. The van der Waals surface area contributed by atoms with Crippen LogP contribution < -0.4 is 4.72 Å². The maximum Gasteiger partial charge on any atom is 0.243 e. The van der Waals surface area contributed by atoms with Gasteiger partial charge in [0.2, 0.25) is 10.0 Å². The van der Waals surface area contributed by atoms with Crippen molar-refractivity contribution in [3.05, 3.63) is 66.0 Å². The Bertz CT molecular complexity index is 787. The van der Waals surface area contributed by atoms with Gasteiger partial charge in [-0.2, -0.15) is 0 Å². The van der Waals surface area contributed by atoms with Gasteiger partial charge in [0.05, 0.1) is 0 Å². The molecule has 24 heavy (non-hydrogen) atoms. The zero-order valence-corrected chi connectivity index (χ0v) is 14.1. The lowest BCUT2D eigenvalue weighted by Crippen LogP contribution is -2.44. The molecule has 1 fully saturated rings. The lowest BCUT2D eigenvalue weighted by molar-refractivity contribution is 0.0517. The quantitative estimate of drug-likeness (QED) is 0.903. The van der Waals surface area contributed by atoms with Crippen molar-refractivity contribution in [1.29, 1.82) is 0 Å². The molecular formula is C18H20FNO3S. The number of halogens is 1. The fraction of sp³-hybridized carbons (Fsp3) is 0.333. The van der Waals surface area contributed by atoms with E-state index in [9.17, 15) is 12.8 Å². The van der Waals surface area contributed by atoms with Crippen LogP contribution in [0.25, 0.3) is 0 Å². The predicted octanol–water partition coefficient (Wildman–Crippen LogP) is 2.85. The second-order valence-corrected chi connectivity index (χ2v) is 7.75. The summed E-state index contributed by atoms with van der Waals surface area (Å²) >= 11 is 0. The van der Waals surface area contributed by atoms with Gasteiger partial charge in [0, 0.05) is 25.2 Å². The van der Waals surface area contributed by atoms with E-state index in [0.717, 1.165) is 24.5 Å². The molecule has 0 unspecified atom stereocenters. The predicted molar refractivity (Wildman–Crippen MR) is 89.8 cm³/mol. The summed E-state index contributed by atoms with van der Waals surface area (Å²) in [4.78, 5) is -0.319. The van der Waals surface area contributed by atoms with E-state index >= 15 is 0 Å². The Morgan fingerprint density at radius 1 is 1.00 bits per heavy atom. The van der Waals surface area contributed by atoms with Crippen LogP contribution in [-0.2, 0) is 20.2 Å². The van der Waals surface area contributed by atoms with Crippen molar-refractivity contribution in [2.24, 2.45) is 0 Å². The lowest BCUT2D eigenvalue weighted by atomic mass is 9.74. The molecule has 0 saturated carbocycles. The maximum absolute atomic E-state index is 13.8. The molecule has 1 N–H and O–H groups in total. The first-order valence-electron chi connectivity index (χ1n) is 7.91. The number of benzene rings is 2. The van der Waals surface area contributed by atoms with Crippen molar-refractivity contribution in [2.75, 3.05) is 19.8 Å². The van der Waals surface area contributed by atoms with Gasteiger partial charge in [-0.15, -0.1) is 0 Å². The topological polar surface area (TPSA) is 55.4 Å². The Labute approximate surface area is 141 Å². The van der Waals surface area contributed by atoms with Gasteiger partial charge >= 0.3 is 0 Å². The van der Waals surface area contributed by atoms with Crippen molar-refractivity contribution in [3.63, 3.8) is 0 Å². The van der Waals surface area contributed by atoms with Crippen molar-refractivity contribution in [3.8, 4) is 0 Å². The van der Waals surface area contributed by atoms with Crippen molar-refractivity contribution < 1.29 is 17.5 Å². The Morgan fingerprint density at radius 3 is 2.29 bits per heavy atom. The fourth-order valence-electron chi connectivity index (χ4n) is 3.09. The number of nitrogens with one attached hydrogen (secondary N) is 1. The molecule has 1 heterocycles. The van der Waals surface area contributed by atoms with Crippen molar-refractivity contribution in [2.45, 2.75) is 23.2 Å². The summed E-state index contributed by atoms with van der Waals surface area (Å²) in [6, 6.07) is 15.2. The number of ether oxygens (including phenoxy) is 1. The summed E-state index contributed by atoms with van der Waals surface area (Å²) in [6.07, 6.45) is 1.44.